The Balaban J connectivity index is 2.26. The number of carbonyl (C=O) groups is 2. The SMILES string of the molecule is CC(=O)N[C@H]1[C@H](O[C@H]2[C@H](O)[C@H](NC(C)=O)C(O)O[C@@H]2CO)O[C@H](CO)[C@H](O)[C@@H]1O. The van der Waals surface area contributed by atoms with E-state index in [-0.39, 0.29) is 0 Å². The van der Waals surface area contributed by atoms with Crippen LogP contribution in [0.5, 0.6) is 0 Å². The lowest BCUT2D eigenvalue weighted by atomic mass is 9.94. The summed E-state index contributed by atoms with van der Waals surface area (Å²) < 4.78 is 16.3. The summed E-state index contributed by atoms with van der Waals surface area (Å²) in [4.78, 5) is 22.8. The van der Waals surface area contributed by atoms with Crippen molar-refractivity contribution < 1.29 is 54.4 Å². The summed E-state index contributed by atoms with van der Waals surface area (Å²) in [6, 6.07) is -2.59. The van der Waals surface area contributed by atoms with Crippen LogP contribution >= 0.6 is 0 Å². The Morgan fingerprint density at radius 2 is 1.38 bits per heavy atom. The standard InChI is InChI=1S/C16H28N2O11/c1-5(21)17-9-13(25)14(8(4-20)27-15(9)26)29-16-10(18-6(2)22)12(24)11(23)7(3-19)28-16/h7-16,19-20,23-26H,3-4H2,1-2H3,(H,17,21)(H,18,22)/t7-,8-,9+,10-,11+,12-,13-,14-,15?,16+/m1/s1. The Kier molecular flexibility index (Phi) is 8.28. The molecule has 0 aliphatic carbocycles. The molecule has 13 nitrogen and oxygen atoms in total. The predicted octanol–water partition coefficient (Wildman–Crippen LogP) is -5.11. The van der Waals surface area contributed by atoms with Crippen molar-refractivity contribution in [3.8, 4) is 0 Å². The number of ether oxygens (including phenoxy) is 3. The molecule has 29 heavy (non-hydrogen) atoms. The summed E-state index contributed by atoms with van der Waals surface area (Å²) in [5.74, 6) is -1.14. The van der Waals surface area contributed by atoms with Gasteiger partial charge < -0.3 is 55.5 Å². The van der Waals surface area contributed by atoms with Gasteiger partial charge in [-0.05, 0) is 0 Å². The van der Waals surface area contributed by atoms with Crippen molar-refractivity contribution in [3.05, 3.63) is 0 Å². The van der Waals surface area contributed by atoms with Crippen LogP contribution in [0.1, 0.15) is 13.8 Å². The van der Waals surface area contributed by atoms with E-state index in [4.69, 9.17) is 14.2 Å². The highest BCUT2D eigenvalue weighted by molar-refractivity contribution is 5.73. The van der Waals surface area contributed by atoms with E-state index in [9.17, 15) is 40.2 Å². The molecule has 10 atom stereocenters. The average Bonchev–Trinajstić information content (AvgIpc) is 2.65. The number of nitrogens with one attached hydrogen (secondary N) is 2. The fourth-order valence-corrected chi connectivity index (χ4v) is 3.38. The smallest absolute Gasteiger partial charge is 0.217 e. The second-order valence-electron chi connectivity index (χ2n) is 7.00. The third-order valence-corrected chi connectivity index (χ3v) is 4.78. The fourth-order valence-electron chi connectivity index (χ4n) is 3.38. The number of hydrogen-bond donors (Lipinski definition) is 8. The highest BCUT2D eigenvalue weighted by Crippen LogP contribution is 2.28. The van der Waals surface area contributed by atoms with Crippen molar-refractivity contribution in [3.63, 3.8) is 0 Å². The molecule has 2 heterocycles. The average molecular weight is 424 g/mol. The first-order valence-electron chi connectivity index (χ1n) is 9.05. The largest absolute Gasteiger partial charge is 0.394 e. The van der Waals surface area contributed by atoms with E-state index in [0.29, 0.717) is 0 Å². The molecule has 2 fully saturated rings. The number of aliphatic hydroxyl groups is 6. The van der Waals surface area contributed by atoms with Gasteiger partial charge in [0.1, 0.15) is 48.7 Å². The highest BCUT2D eigenvalue weighted by Gasteiger charge is 2.51. The topological polar surface area (TPSA) is 207 Å². The summed E-state index contributed by atoms with van der Waals surface area (Å²) in [5, 5.41) is 64.5. The van der Waals surface area contributed by atoms with Gasteiger partial charge in [-0.1, -0.05) is 0 Å². The molecule has 0 aromatic carbocycles. The van der Waals surface area contributed by atoms with Crippen LogP contribution in [0.3, 0.4) is 0 Å². The summed E-state index contributed by atoms with van der Waals surface area (Å²) in [6.07, 6.45) is -11.7. The van der Waals surface area contributed by atoms with Gasteiger partial charge in [-0.25, -0.2) is 0 Å². The molecule has 2 aliphatic rings. The van der Waals surface area contributed by atoms with Crippen molar-refractivity contribution in [2.45, 2.75) is 75.1 Å². The van der Waals surface area contributed by atoms with Gasteiger partial charge in [0.25, 0.3) is 0 Å². The number of hydrogen-bond acceptors (Lipinski definition) is 11. The molecular formula is C16H28N2O11. The van der Waals surface area contributed by atoms with Crippen LogP contribution in [0.4, 0.5) is 0 Å². The number of amides is 2. The maximum atomic E-state index is 11.5. The molecule has 8 N–H and O–H groups in total. The molecular weight excluding hydrogens is 396 g/mol. The first-order valence-corrected chi connectivity index (χ1v) is 9.05. The first-order chi connectivity index (χ1) is 13.6. The van der Waals surface area contributed by atoms with Crippen LogP contribution in [-0.4, -0.2) is 117 Å². The lowest BCUT2D eigenvalue weighted by molar-refractivity contribution is -0.327. The second kappa shape index (κ2) is 10.1. The third-order valence-electron chi connectivity index (χ3n) is 4.78. The highest BCUT2D eigenvalue weighted by atomic mass is 16.7. The number of carbonyl (C=O) groups excluding carboxylic acids is 2. The van der Waals surface area contributed by atoms with Gasteiger partial charge in [-0.3, -0.25) is 9.59 Å². The fraction of sp³-hybridized carbons (Fsp3) is 0.875. The predicted molar refractivity (Wildman–Crippen MR) is 91.8 cm³/mol. The number of aliphatic hydroxyl groups excluding tert-OH is 6. The van der Waals surface area contributed by atoms with Gasteiger partial charge in [-0.2, -0.15) is 0 Å². The van der Waals surface area contributed by atoms with Crippen LogP contribution in [-0.2, 0) is 23.8 Å². The van der Waals surface area contributed by atoms with E-state index >= 15 is 0 Å². The van der Waals surface area contributed by atoms with E-state index in [1.807, 2.05) is 0 Å². The molecule has 2 amide bonds. The second-order valence-corrected chi connectivity index (χ2v) is 7.00. The molecule has 0 aromatic rings. The molecule has 2 saturated heterocycles. The van der Waals surface area contributed by atoms with E-state index < -0.39 is 86.3 Å². The summed E-state index contributed by atoms with van der Waals surface area (Å²) in [7, 11) is 0. The van der Waals surface area contributed by atoms with Crippen molar-refractivity contribution in [1.29, 1.82) is 0 Å². The zero-order valence-corrected chi connectivity index (χ0v) is 15.9. The zero-order chi connectivity index (χ0) is 21.9. The zero-order valence-electron chi connectivity index (χ0n) is 15.9. The molecule has 13 heteroatoms. The quantitative estimate of drug-likeness (QED) is 0.202. The molecule has 0 saturated carbocycles. The Hall–Kier alpha value is -1.42. The van der Waals surface area contributed by atoms with Crippen LogP contribution in [0, 0.1) is 0 Å². The van der Waals surface area contributed by atoms with Gasteiger partial charge in [0.05, 0.1) is 13.2 Å². The van der Waals surface area contributed by atoms with Crippen molar-refractivity contribution in [1.82, 2.24) is 10.6 Å². The van der Waals surface area contributed by atoms with E-state index in [1.54, 1.807) is 0 Å². The molecule has 0 aromatic heterocycles. The van der Waals surface area contributed by atoms with Gasteiger partial charge in [0.15, 0.2) is 12.6 Å². The Labute approximate surface area is 166 Å². The van der Waals surface area contributed by atoms with Gasteiger partial charge in [-0.15, -0.1) is 0 Å². The van der Waals surface area contributed by atoms with Crippen molar-refractivity contribution >= 4 is 11.8 Å². The molecule has 2 aliphatic heterocycles. The molecule has 0 radical (unpaired) electrons. The van der Waals surface area contributed by atoms with Crippen LogP contribution in [0.15, 0.2) is 0 Å². The minimum atomic E-state index is -1.64. The Morgan fingerprint density at radius 3 is 1.90 bits per heavy atom. The van der Waals surface area contributed by atoms with Gasteiger partial charge in [0, 0.05) is 13.8 Å². The molecule has 0 spiro atoms. The van der Waals surface area contributed by atoms with Gasteiger partial charge in [0.2, 0.25) is 11.8 Å². The van der Waals surface area contributed by atoms with Crippen molar-refractivity contribution in [2.75, 3.05) is 13.2 Å². The van der Waals surface area contributed by atoms with Crippen LogP contribution in [0.25, 0.3) is 0 Å². The molecule has 2 rings (SSSR count). The lowest BCUT2D eigenvalue weighted by Gasteiger charge is -2.47. The minimum absolute atomic E-state index is 0.568. The van der Waals surface area contributed by atoms with Crippen molar-refractivity contribution in [2.24, 2.45) is 0 Å². The number of rotatable bonds is 6. The maximum Gasteiger partial charge on any atom is 0.217 e. The minimum Gasteiger partial charge on any atom is -0.394 e. The lowest BCUT2D eigenvalue weighted by Crippen LogP contribution is -2.69. The summed E-state index contributed by atoms with van der Waals surface area (Å²) in [5.41, 5.74) is 0. The molecule has 0 bridgehead atoms. The molecule has 1 unspecified atom stereocenters. The molecule has 168 valence electrons. The Morgan fingerprint density at radius 1 is 0.828 bits per heavy atom. The van der Waals surface area contributed by atoms with E-state index in [0.717, 1.165) is 13.8 Å². The van der Waals surface area contributed by atoms with Crippen LogP contribution < -0.4 is 10.6 Å². The van der Waals surface area contributed by atoms with Crippen LogP contribution in [0.2, 0.25) is 0 Å². The van der Waals surface area contributed by atoms with E-state index in [2.05, 4.69) is 10.6 Å². The van der Waals surface area contributed by atoms with E-state index in [1.165, 1.54) is 0 Å². The third kappa shape index (κ3) is 5.39. The summed E-state index contributed by atoms with van der Waals surface area (Å²) >= 11 is 0. The first kappa shape index (κ1) is 23.9. The normalized spacial score (nSPS) is 42.9. The Bertz CT molecular complexity index is 579. The summed E-state index contributed by atoms with van der Waals surface area (Å²) in [6.45, 7) is 0.962. The monoisotopic (exact) mass is 424 g/mol. The van der Waals surface area contributed by atoms with Gasteiger partial charge >= 0.3 is 0 Å². The maximum absolute atomic E-state index is 11.5.